The van der Waals surface area contributed by atoms with E-state index in [1.807, 2.05) is 0 Å². The Kier molecular flexibility index (Phi) is 4.14. The van der Waals surface area contributed by atoms with Gasteiger partial charge in [-0.25, -0.2) is 0 Å². The molecule has 0 saturated carbocycles. The highest BCUT2D eigenvalue weighted by atomic mass is 15.2. The van der Waals surface area contributed by atoms with E-state index in [0.717, 1.165) is 25.3 Å². The first-order valence-corrected chi connectivity index (χ1v) is 7.89. The predicted molar refractivity (Wildman–Crippen MR) is 94.0 cm³/mol. The number of hydrogen-bond acceptors (Lipinski definition) is 3. The molecule has 0 amide bonds. The molecule has 0 bridgehead atoms. The first-order chi connectivity index (χ1) is 10.7. The van der Waals surface area contributed by atoms with Crippen LogP contribution in [-0.2, 0) is 0 Å². The summed E-state index contributed by atoms with van der Waals surface area (Å²) < 4.78 is 0. The number of para-hydroxylation sites is 2. The quantitative estimate of drug-likeness (QED) is 0.923. The van der Waals surface area contributed by atoms with E-state index < -0.39 is 0 Å². The third-order valence-electron chi connectivity index (χ3n) is 4.06. The van der Waals surface area contributed by atoms with Crippen molar-refractivity contribution in [2.75, 3.05) is 18.0 Å². The smallest absolute Gasteiger partial charge is 0.122 e. The van der Waals surface area contributed by atoms with Gasteiger partial charge < -0.3 is 10.2 Å². The normalized spacial score (nSPS) is 14.9. The molecule has 1 aliphatic rings. The number of anilines is 2. The summed E-state index contributed by atoms with van der Waals surface area (Å²) in [5.74, 6) is 1.06. The summed E-state index contributed by atoms with van der Waals surface area (Å²) in [6, 6.07) is 21.0. The van der Waals surface area contributed by atoms with Crippen molar-refractivity contribution in [2.24, 2.45) is 4.99 Å². The molecule has 0 aliphatic carbocycles. The van der Waals surface area contributed by atoms with Gasteiger partial charge >= 0.3 is 0 Å². The maximum Gasteiger partial charge on any atom is 0.122 e. The third-order valence-corrected chi connectivity index (χ3v) is 4.06. The molecule has 1 N–H and O–H groups in total. The summed E-state index contributed by atoms with van der Waals surface area (Å²) >= 11 is 0. The number of nitrogens with one attached hydrogen (secondary N) is 1. The summed E-state index contributed by atoms with van der Waals surface area (Å²) in [7, 11) is 0. The van der Waals surface area contributed by atoms with Crippen molar-refractivity contribution < 1.29 is 0 Å². The van der Waals surface area contributed by atoms with Crippen LogP contribution in [0.3, 0.4) is 0 Å². The monoisotopic (exact) mass is 293 g/mol. The van der Waals surface area contributed by atoms with Gasteiger partial charge in [0, 0.05) is 24.5 Å². The van der Waals surface area contributed by atoms with Crippen LogP contribution in [0.1, 0.15) is 20.3 Å². The van der Waals surface area contributed by atoms with Crippen LogP contribution < -0.4 is 10.2 Å². The molecule has 0 radical (unpaired) electrons. The zero-order chi connectivity index (χ0) is 15.4. The molecule has 2 aromatic carbocycles. The predicted octanol–water partition coefficient (Wildman–Crippen LogP) is 4.00. The van der Waals surface area contributed by atoms with Gasteiger partial charge in [-0.05, 0) is 44.5 Å². The van der Waals surface area contributed by atoms with Gasteiger partial charge in [-0.1, -0.05) is 36.4 Å². The number of benzene rings is 2. The summed E-state index contributed by atoms with van der Waals surface area (Å²) in [6.45, 7) is 6.36. The minimum atomic E-state index is -0.233. The molecule has 22 heavy (non-hydrogen) atoms. The maximum absolute atomic E-state index is 4.74. The van der Waals surface area contributed by atoms with E-state index in [1.165, 1.54) is 11.4 Å². The Balaban J connectivity index is 2.07. The van der Waals surface area contributed by atoms with E-state index >= 15 is 0 Å². The molecule has 0 aromatic heterocycles. The van der Waals surface area contributed by atoms with Gasteiger partial charge in [0.05, 0.1) is 5.54 Å². The molecule has 3 rings (SSSR count). The molecule has 1 heterocycles. The minimum absolute atomic E-state index is 0.233. The molecule has 0 atom stereocenters. The van der Waals surface area contributed by atoms with Crippen molar-refractivity contribution in [1.82, 2.24) is 5.32 Å². The molecule has 3 nitrogen and oxygen atoms in total. The van der Waals surface area contributed by atoms with Gasteiger partial charge in [0.25, 0.3) is 0 Å². The number of aliphatic imine (C=N–C) groups is 1. The van der Waals surface area contributed by atoms with Crippen LogP contribution in [-0.4, -0.2) is 24.5 Å². The first kappa shape index (κ1) is 14.6. The molecular weight excluding hydrogens is 270 g/mol. The molecule has 0 saturated heterocycles. The highest BCUT2D eigenvalue weighted by Gasteiger charge is 2.34. The Bertz CT molecular complexity index is 593. The van der Waals surface area contributed by atoms with Gasteiger partial charge in [-0.3, -0.25) is 4.99 Å². The maximum atomic E-state index is 4.74. The largest absolute Gasteiger partial charge is 0.372 e. The van der Waals surface area contributed by atoms with E-state index in [-0.39, 0.29) is 5.54 Å². The highest BCUT2D eigenvalue weighted by molar-refractivity contribution is 5.96. The van der Waals surface area contributed by atoms with E-state index in [4.69, 9.17) is 4.99 Å². The van der Waals surface area contributed by atoms with Crippen LogP contribution in [0.15, 0.2) is 65.7 Å². The SMILES string of the molecule is CC(C)(C1=NCCCN1)N(c1ccccc1)c1ccccc1. The van der Waals surface area contributed by atoms with Crippen molar-refractivity contribution in [3.63, 3.8) is 0 Å². The lowest BCUT2D eigenvalue weighted by atomic mass is 9.97. The fourth-order valence-corrected chi connectivity index (χ4v) is 3.00. The van der Waals surface area contributed by atoms with Crippen molar-refractivity contribution in [3.8, 4) is 0 Å². The molecule has 0 spiro atoms. The van der Waals surface area contributed by atoms with E-state index in [2.05, 4.69) is 84.7 Å². The molecule has 2 aromatic rings. The van der Waals surface area contributed by atoms with Gasteiger partial charge in [-0.2, -0.15) is 0 Å². The summed E-state index contributed by atoms with van der Waals surface area (Å²) in [5.41, 5.74) is 2.12. The molecule has 0 fully saturated rings. The molecular formula is C19H23N3. The van der Waals surface area contributed by atoms with Crippen molar-refractivity contribution in [3.05, 3.63) is 60.7 Å². The lowest BCUT2D eigenvalue weighted by Crippen LogP contribution is -2.54. The third kappa shape index (κ3) is 2.84. The van der Waals surface area contributed by atoms with Gasteiger partial charge in [0.15, 0.2) is 0 Å². The average Bonchev–Trinajstić information content (AvgIpc) is 2.58. The Labute approximate surface area is 132 Å². The molecule has 114 valence electrons. The van der Waals surface area contributed by atoms with Crippen molar-refractivity contribution >= 4 is 17.2 Å². The first-order valence-electron chi connectivity index (χ1n) is 7.89. The zero-order valence-electron chi connectivity index (χ0n) is 13.3. The van der Waals surface area contributed by atoms with Crippen molar-refractivity contribution in [2.45, 2.75) is 25.8 Å². The highest BCUT2D eigenvalue weighted by Crippen LogP contribution is 2.33. The summed E-state index contributed by atoms with van der Waals surface area (Å²) in [5, 5.41) is 3.49. The minimum Gasteiger partial charge on any atom is -0.372 e. The van der Waals surface area contributed by atoms with Crippen LogP contribution in [0.2, 0.25) is 0 Å². The average molecular weight is 293 g/mol. The van der Waals surface area contributed by atoms with Gasteiger partial charge in [0.1, 0.15) is 5.84 Å². The summed E-state index contributed by atoms with van der Waals surface area (Å²) in [4.78, 5) is 7.09. The number of hydrogen-bond donors (Lipinski definition) is 1. The van der Waals surface area contributed by atoms with E-state index in [9.17, 15) is 0 Å². The van der Waals surface area contributed by atoms with Crippen LogP contribution in [0.25, 0.3) is 0 Å². The van der Waals surface area contributed by atoms with Crippen LogP contribution in [0.4, 0.5) is 11.4 Å². The lowest BCUT2D eigenvalue weighted by molar-refractivity contribution is 0.607. The topological polar surface area (TPSA) is 27.6 Å². The van der Waals surface area contributed by atoms with Gasteiger partial charge in [-0.15, -0.1) is 0 Å². The fourth-order valence-electron chi connectivity index (χ4n) is 3.00. The van der Waals surface area contributed by atoms with Crippen LogP contribution >= 0.6 is 0 Å². The summed E-state index contributed by atoms with van der Waals surface area (Å²) in [6.07, 6.45) is 1.11. The molecule has 0 unspecified atom stereocenters. The molecule has 3 heteroatoms. The second-order valence-corrected chi connectivity index (χ2v) is 6.08. The Morgan fingerprint density at radius 2 is 1.45 bits per heavy atom. The number of rotatable bonds is 4. The van der Waals surface area contributed by atoms with E-state index in [1.54, 1.807) is 0 Å². The van der Waals surface area contributed by atoms with Crippen LogP contribution in [0.5, 0.6) is 0 Å². The zero-order valence-corrected chi connectivity index (χ0v) is 13.3. The van der Waals surface area contributed by atoms with Crippen molar-refractivity contribution in [1.29, 1.82) is 0 Å². The van der Waals surface area contributed by atoms with Gasteiger partial charge in [0.2, 0.25) is 0 Å². The molecule has 1 aliphatic heterocycles. The standard InChI is InChI=1S/C19H23N3/c1-19(2,18-20-14-9-15-21-18)22(16-10-5-3-6-11-16)17-12-7-4-8-13-17/h3-8,10-13H,9,14-15H2,1-2H3,(H,20,21). The number of amidine groups is 1. The van der Waals surface area contributed by atoms with Crippen LogP contribution in [0, 0.1) is 0 Å². The second kappa shape index (κ2) is 6.22. The lowest BCUT2D eigenvalue weighted by Gasteiger charge is -2.42. The fraction of sp³-hybridized carbons (Fsp3) is 0.316. The number of nitrogens with zero attached hydrogens (tertiary/aromatic N) is 2. The Morgan fingerprint density at radius 1 is 0.909 bits per heavy atom. The second-order valence-electron chi connectivity index (χ2n) is 6.08. The van der Waals surface area contributed by atoms with E-state index in [0.29, 0.717) is 0 Å². The Hall–Kier alpha value is -2.29. The Morgan fingerprint density at radius 3 is 1.91 bits per heavy atom.